The highest BCUT2D eigenvalue weighted by atomic mass is 32.4. The van der Waals surface area contributed by atoms with E-state index in [-0.39, 0.29) is 16.5 Å². The van der Waals surface area contributed by atoms with Crippen LogP contribution < -0.4 is 9.57 Å². The first-order valence-corrected chi connectivity index (χ1v) is 10.8. The molecule has 1 aliphatic heterocycles. The highest BCUT2D eigenvalue weighted by molar-refractivity contribution is 8.16. The van der Waals surface area contributed by atoms with Crippen molar-refractivity contribution in [2.75, 3.05) is 16.6 Å². The zero-order chi connectivity index (χ0) is 17.6. The van der Waals surface area contributed by atoms with Crippen molar-refractivity contribution in [2.45, 2.75) is 64.4 Å². The van der Waals surface area contributed by atoms with Crippen LogP contribution in [0.3, 0.4) is 0 Å². The molecule has 23 heavy (non-hydrogen) atoms. The van der Waals surface area contributed by atoms with E-state index in [0.717, 1.165) is 0 Å². The number of hydrogen-bond acceptors (Lipinski definition) is 3. The Morgan fingerprint density at radius 3 is 2.00 bits per heavy atom. The van der Waals surface area contributed by atoms with E-state index in [4.69, 9.17) is 11.8 Å². The van der Waals surface area contributed by atoms with Gasteiger partial charge in [-0.2, -0.15) is 5.26 Å². The standard InChI is InChI=1S/C18H28N3PS/c1-17(2,3)22(23,18(4,5)6)21-15-11-9-8-10-14(15)20(7)16(21)12-13-19/h8-11,16H,12H2,1-7H3. The van der Waals surface area contributed by atoms with Crippen molar-refractivity contribution >= 4 is 29.4 Å². The van der Waals surface area contributed by atoms with Crippen LogP contribution in [0.15, 0.2) is 24.3 Å². The third-order valence-corrected chi connectivity index (χ3v) is 13.2. The van der Waals surface area contributed by atoms with Crippen LogP contribution in [0.25, 0.3) is 0 Å². The van der Waals surface area contributed by atoms with Gasteiger partial charge in [-0.15, -0.1) is 0 Å². The van der Waals surface area contributed by atoms with Crippen molar-refractivity contribution in [3.63, 3.8) is 0 Å². The van der Waals surface area contributed by atoms with Crippen molar-refractivity contribution in [2.24, 2.45) is 0 Å². The van der Waals surface area contributed by atoms with E-state index < -0.39 is 6.19 Å². The second-order valence-corrected chi connectivity index (χ2v) is 14.1. The minimum atomic E-state index is -2.02. The monoisotopic (exact) mass is 349 g/mol. The predicted molar refractivity (Wildman–Crippen MR) is 105 cm³/mol. The zero-order valence-corrected chi connectivity index (χ0v) is 17.0. The molecule has 1 heterocycles. The predicted octanol–water partition coefficient (Wildman–Crippen LogP) is 5.17. The Balaban J connectivity index is 2.75. The van der Waals surface area contributed by atoms with Crippen molar-refractivity contribution in [1.82, 2.24) is 0 Å². The molecule has 126 valence electrons. The van der Waals surface area contributed by atoms with Crippen LogP contribution in [0.4, 0.5) is 11.4 Å². The Hall–Kier alpha value is -1.04. The SMILES string of the molecule is CN1c2ccccc2N(P(=S)(C(C)(C)C)C(C)(C)C)C1CC#N. The summed E-state index contributed by atoms with van der Waals surface area (Å²) in [6, 6.07) is 10.8. The molecule has 0 spiro atoms. The highest BCUT2D eigenvalue weighted by Crippen LogP contribution is 2.73. The van der Waals surface area contributed by atoms with Gasteiger partial charge in [0, 0.05) is 23.5 Å². The molecule has 0 saturated carbocycles. The maximum atomic E-state index is 9.39. The van der Waals surface area contributed by atoms with Crippen LogP contribution in [-0.4, -0.2) is 23.5 Å². The molecule has 3 nitrogen and oxygen atoms in total. The van der Waals surface area contributed by atoms with Crippen LogP contribution in [-0.2, 0) is 11.8 Å². The Bertz CT molecular complexity index is 661. The van der Waals surface area contributed by atoms with Gasteiger partial charge < -0.3 is 9.57 Å². The fraction of sp³-hybridized carbons (Fsp3) is 0.611. The summed E-state index contributed by atoms with van der Waals surface area (Å²) in [6.07, 6.45) is -1.55. The normalized spacial score (nSPS) is 18.8. The third kappa shape index (κ3) is 2.69. The van der Waals surface area contributed by atoms with E-state index in [1.54, 1.807) is 0 Å². The van der Waals surface area contributed by atoms with E-state index in [1.807, 2.05) is 0 Å². The maximum absolute atomic E-state index is 9.39. The first-order chi connectivity index (χ1) is 10.5. The molecule has 2 rings (SSSR count). The molecule has 1 unspecified atom stereocenters. The number of para-hydroxylation sites is 2. The average molecular weight is 349 g/mol. The van der Waals surface area contributed by atoms with Crippen molar-refractivity contribution in [1.29, 1.82) is 5.26 Å². The first-order valence-electron chi connectivity index (χ1n) is 8.05. The number of hydrogen-bond donors (Lipinski definition) is 0. The molecule has 1 atom stereocenters. The van der Waals surface area contributed by atoms with Crippen molar-refractivity contribution < 1.29 is 0 Å². The molecule has 0 saturated heterocycles. The minimum Gasteiger partial charge on any atom is -0.351 e. The lowest BCUT2D eigenvalue weighted by Crippen LogP contribution is -2.47. The van der Waals surface area contributed by atoms with Gasteiger partial charge in [-0.25, -0.2) is 0 Å². The Kier molecular flexibility index (Phi) is 4.61. The number of nitrogens with zero attached hydrogens (tertiary/aromatic N) is 3. The van der Waals surface area contributed by atoms with E-state index in [2.05, 4.69) is 88.5 Å². The number of anilines is 2. The molecule has 0 bridgehead atoms. The number of nitriles is 1. The molecule has 1 aliphatic rings. The van der Waals surface area contributed by atoms with Gasteiger partial charge >= 0.3 is 0 Å². The molecular weight excluding hydrogens is 321 g/mol. The van der Waals surface area contributed by atoms with E-state index >= 15 is 0 Å². The molecule has 0 aromatic heterocycles. The van der Waals surface area contributed by atoms with Crippen LogP contribution in [0, 0.1) is 11.3 Å². The highest BCUT2D eigenvalue weighted by Gasteiger charge is 2.52. The fourth-order valence-corrected chi connectivity index (χ4v) is 8.72. The summed E-state index contributed by atoms with van der Waals surface area (Å²) in [7, 11) is 2.08. The van der Waals surface area contributed by atoms with E-state index in [1.165, 1.54) is 11.4 Å². The number of rotatable bonds is 2. The Labute approximate surface area is 146 Å². The lowest BCUT2D eigenvalue weighted by Gasteiger charge is -2.53. The summed E-state index contributed by atoms with van der Waals surface area (Å²) in [6.45, 7) is 13.5. The molecule has 1 aromatic carbocycles. The van der Waals surface area contributed by atoms with Crippen molar-refractivity contribution in [3.8, 4) is 6.07 Å². The van der Waals surface area contributed by atoms with Gasteiger partial charge in [0.25, 0.3) is 0 Å². The summed E-state index contributed by atoms with van der Waals surface area (Å²) in [5, 5.41) is 9.35. The summed E-state index contributed by atoms with van der Waals surface area (Å²) < 4.78 is 2.43. The topological polar surface area (TPSA) is 30.3 Å². The van der Waals surface area contributed by atoms with E-state index in [9.17, 15) is 5.26 Å². The maximum Gasteiger partial charge on any atom is 0.119 e. The Morgan fingerprint density at radius 2 is 1.57 bits per heavy atom. The average Bonchev–Trinajstić information content (AvgIpc) is 2.70. The van der Waals surface area contributed by atoms with Gasteiger partial charge in [0.1, 0.15) is 6.17 Å². The molecular formula is C18H28N3PS. The van der Waals surface area contributed by atoms with Crippen LogP contribution in [0.1, 0.15) is 48.0 Å². The summed E-state index contributed by atoms with van der Waals surface area (Å²) in [5.41, 5.74) is 2.36. The van der Waals surface area contributed by atoms with Gasteiger partial charge in [0.2, 0.25) is 0 Å². The summed E-state index contributed by atoms with van der Waals surface area (Å²) >= 11 is 6.46. The number of fused-ring (bicyclic) bond motifs is 1. The molecule has 0 amide bonds. The van der Waals surface area contributed by atoms with Crippen molar-refractivity contribution in [3.05, 3.63) is 24.3 Å². The van der Waals surface area contributed by atoms with Gasteiger partial charge in [-0.1, -0.05) is 65.5 Å². The second kappa shape index (κ2) is 5.80. The lowest BCUT2D eigenvalue weighted by atomic mass is 10.2. The largest absolute Gasteiger partial charge is 0.351 e. The van der Waals surface area contributed by atoms with E-state index in [0.29, 0.717) is 6.42 Å². The van der Waals surface area contributed by atoms with Crippen LogP contribution in [0.2, 0.25) is 0 Å². The third-order valence-electron chi connectivity index (χ3n) is 4.63. The quantitative estimate of drug-likeness (QED) is 0.689. The molecule has 1 aromatic rings. The van der Waals surface area contributed by atoms with Gasteiger partial charge in [-0.05, 0) is 12.1 Å². The molecule has 5 heteroatoms. The molecule has 0 aliphatic carbocycles. The molecule has 0 fully saturated rings. The summed E-state index contributed by atoms with van der Waals surface area (Å²) in [5.74, 6) is 0. The van der Waals surface area contributed by atoms with Crippen LogP contribution in [0.5, 0.6) is 0 Å². The minimum absolute atomic E-state index is 0.0154. The zero-order valence-electron chi connectivity index (χ0n) is 15.3. The molecule has 0 N–H and O–H groups in total. The van der Waals surface area contributed by atoms with Gasteiger partial charge in [0.15, 0.2) is 0 Å². The Morgan fingerprint density at radius 1 is 1.09 bits per heavy atom. The lowest BCUT2D eigenvalue weighted by molar-refractivity contribution is 0.652. The molecule has 0 radical (unpaired) electrons. The van der Waals surface area contributed by atoms with Gasteiger partial charge in [0.05, 0.1) is 23.9 Å². The fourth-order valence-electron chi connectivity index (χ4n) is 3.74. The van der Waals surface area contributed by atoms with Gasteiger partial charge in [-0.3, -0.25) is 0 Å². The number of benzene rings is 1. The van der Waals surface area contributed by atoms with Crippen LogP contribution >= 0.6 is 6.19 Å². The first kappa shape index (κ1) is 18.3. The second-order valence-electron chi connectivity index (χ2n) is 8.20. The summed E-state index contributed by atoms with van der Waals surface area (Å²) in [4.78, 5) is 2.22. The smallest absolute Gasteiger partial charge is 0.119 e.